The van der Waals surface area contributed by atoms with Crippen LogP contribution in [0.25, 0.3) is 0 Å². The zero-order chi connectivity index (χ0) is 20.5. The van der Waals surface area contributed by atoms with Crippen molar-refractivity contribution in [3.8, 4) is 0 Å². The van der Waals surface area contributed by atoms with Crippen LogP contribution in [0.5, 0.6) is 0 Å². The highest BCUT2D eigenvalue weighted by molar-refractivity contribution is 6.42. The second kappa shape index (κ2) is 12.0. The van der Waals surface area contributed by atoms with Gasteiger partial charge in [-0.15, -0.1) is 0 Å². The first-order valence-electron chi connectivity index (χ1n) is 10.7. The van der Waals surface area contributed by atoms with E-state index in [1.807, 2.05) is 18.2 Å². The van der Waals surface area contributed by atoms with Gasteiger partial charge in [-0.25, -0.2) is 0 Å². The van der Waals surface area contributed by atoms with Crippen LogP contribution in [0, 0.1) is 6.92 Å². The number of unbranched alkanes of at least 4 members (excludes halogenated alkanes) is 3. The summed E-state index contributed by atoms with van der Waals surface area (Å²) in [5.74, 6) is 0.437. The number of amides is 1. The number of carbonyl (C=O) groups excluding carboxylic acids is 1. The van der Waals surface area contributed by atoms with Crippen molar-refractivity contribution in [3.05, 3.63) is 40.7 Å². The highest BCUT2D eigenvalue weighted by Crippen LogP contribution is 2.28. The van der Waals surface area contributed by atoms with E-state index in [-0.39, 0.29) is 11.8 Å². The molecule has 1 amide bonds. The molecule has 0 spiro atoms. The quantitative estimate of drug-likeness (QED) is 0.416. The minimum absolute atomic E-state index is 0.208. The number of hydrogen-bond acceptors (Lipinski definition) is 2. The van der Waals surface area contributed by atoms with Crippen LogP contribution >= 0.6 is 23.2 Å². The molecule has 1 saturated heterocycles. The lowest BCUT2D eigenvalue weighted by Gasteiger charge is -2.38. The number of carbonyl (C=O) groups is 1. The first-order valence-corrected chi connectivity index (χ1v) is 11.5. The van der Waals surface area contributed by atoms with Crippen molar-refractivity contribution in [1.29, 1.82) is 0 Å². The molecule has 0 saturated carbocycles. The first kappa shape index (κ1) is 23.5. The molecular formula is C23H35Cl2N2O. The summed E-state index contributed by atoms with van der Waals surface area (Å²) >= 11 is 12.1. The Morgan fingerprint density at radius 1 is 1.21 bits per heavy atom. The van der Waals surface area contributed by atoms with Gasteiger partial charge in [0.2, 0.25) is 5.91 Å². The third-order valence-corrected chi connectivity index (χ3v) is 6.60. The fourth-order valence-corrected chi connectivity index (χ4v) is 4.34. The van der Waals surface area contributed by atoms with Crippen molar-refractivity contribution in [1.82, 2.24) is 9.80 Å². The van der Waals surface area contributed by atoms with Gasteiger partial charge in [-0.3, -0.25) is 4.79 Å². The maximum Gasteiger partial charge on any atom is 0.219 e. The van der Waals surface area contributed by atoms with Crippen LogP contribution in [0.2, 0.25) is 10.0 Å². The molecule has 1 aromatic rings. The van der Waals surface area contributed by atoms with Gasteiger partial charge in [0, 0.05) is 32.6 Å². The Kier molecular flexibility index (Phi) is 10.1. The SMILES string of the molecule is [CH2]C(CCN1CCC(N(CCCCCC)C(C)=O)CC1)c1ccc(Cl)c(Cl)c1. The van der Waals surface area contributed by atoms with Gasteiger partial charge in [-0.2, -0.15) is 0 Å². The van der Waals surface area contributed by atoms with Crippen LogP contribution in [0.4, 0.5) is 0 Å². The summed E-state index contributed by atoms with van der Waals surface area (Å²) in [7, 11) is 0. The van der Waals surface area contributed by atoms with Crippen molar-refractivity contribution < 1.29 is 4.79 Å². The highest BCUT2D eigenvalue weighted by Gasteiger charge is 2.26. The average Bonchev–Trinajstić information content (AvgIpc) is 2.68. The highest BCUT2D eigenvalue weighted by atomic mass is 35.5. The molecule has 0 aliphatic carbocycles. The third-order valence-electron chi connectivity index (χ3n) is 5.86. The zero-order valence-electron chi connectivity index (χ0n) is 17.4. The minimum Gasteiger partial charge on any atom is -0.340 e. The molecule has 0 N–H and O–H groups in total. The molecule has 1 atom stereocenters. The second-order valence-corrected chi connectivity index (χ2v) is 8.82. The van der Waals surface area contributed by atoms with Gasteiger partial charge in [-0.1, -0.05) is 55.5 Å². The molecule has 0 aromatic heterocycles. The van der Waals surface area contributed by atoms with Crippen molar-refractivity contribution >= 4 is 29.1 Å². The van der Waals surface area contributed by atoms with E-state index in [0.29, 0.717) is 16.1 Å². The van der Waals surface area contributed by atoms with Crippen LogP contribution < -0.4 is 0 Å². The summed E-state index contributed by atoms with van der Waals surface area (Å²) in [5, 5.41) is 1.18. The molecule has 3 nitrogen and oxygen atoms in total. The van der Waals surface area contributed by atoms with E-state index in [1.165, 1.54) is 19.3 Å². The molecule has 1 aliphatic rings. The zero-order valence-corrected chi connectivity index (χ0v) is 18.9. The predicted molar refractivity (Wildman–Crippen MR) is 120 cm³/mol. The molecule has 157 valence electrons. The van der Waals surface area contributed by atoms with Crippen molar-refractivity contribution in [3.63, 3.8) is 0 Å². The topological polar surface area (TPSA) is 23.6 Å². The van der Waals surface area contributed by atoms with Gasteiger partial charge in [0.1, 0.15) is 0 Å². The molecule has 28 heavy (non-hydrogen) atoms. The van der Waals surface area contributed by atoms with Crippen LogP contribution in [0.3, 0.4) is 0 Å². The maximum absolute atomic E-state index is 12.1. The van der Waals surface area contributed by atoms with E-state index < -0.39 is 0 Å². The molecule has 2 rings (SSSR count). The number of nitrogens with zero attached hydrogens (tertiary/aromatic N) is 2. The Balaban J connectivity index is 1.76. The van der Waals surface area contributed by atoms with Crippen LogP contribution in [0.15, 0.2) is 18.2 Å². The molecule has 1 fully saturated rings. The Labute approximate surface area is 181 Å². The summed E-state index contributed by atoms with van der Waals surface area (Å²) in [6.45, 7) is 12.3. The maximum atomic E-state index is 12.1. The van der Waals surface area contributed by atoms with E-state index >= 15 is 0 Å². The Hall–Kier alpha value is -0.770. The lowest BCUT2D eigenvalue weighted by Crippen LogP contribution is -2.47. The molecule has 1 radical (unpaired) electrons. The monoisotopic (exact) mass is 425 g/mol. The summed E-state index contributed by atoms with van der Waals surface area (Å²) in [6.07, 6.45) is 7.97. The van der Waals surface area contributed by atoms with Gasteiger partial charge >= 0.3 is 0 Å². The predicted octanol–water partition coefficient (Wildman–Crippen LogP) is 6.19. The van der Waals surface area contributed by atoms with E-state index in [0.717, 1.165) is 57.4 Å². The summed E-state index contributed by atoms with van der Waals surface area (Å²) in [6, 6.07) is 6.19. The standard InChI is InChI=1S/C23H35Cl2N2O/c1-4-5-6-7-13-27(19(3)28)21-11-15-26(16-12-21)14-10-18(2)20-8-9-22(24)23(25)17-20/h8-9,17-18,21H,2,4-7,10-16H2,1,3H3. The minimum atomic E-state index is 0.208. The molecular weight excluding hydrogens is 391 g/mol. The van der Waals surface area contributed by atoms with Gasteiger partial charge in [0.05, 0.1) is 10.0 Å². The first-order chi connectivity index (χ1) is 13.4. The molecule has 1 aromatic carbocycles. The number of rotatable bonds is 10. The largest absolute Gasteiger partial charge is 0.340 e. The molecule has 1 heterocycles. The summed E-state index contributed by atoms with van der Waals surface area (Å²) < 4.78 is 0. The van der Waals surface area contributed by atoms with Crippen molar-refractivity contribution in [2.45, 2.75) is 70.8 Å². The number of benzene rings is 1. The van der Waals surface area contributed by atoms with E-state index in [2.05, 4.69) is 23.6 Å². The van der Waals surface area contributed by atoms with E-state index in [9.17, 15) is 4.79 Å². The fraction of sp³-hybridized carbons (Fsp3) is 0.652. The van der Waals surface area contributed by atoms with E-state index in [4.69, 9.17) is 23.2 Å². The normalized spacial score (nSPS) is 16.9. The number of piperidine rings is 1. The Bertz CT molecular complexity index is 615. The fourth-order valence-electron chi connectivity index (χ4n) is 4.03. The van der Waals surface area contributed by atoms with Gasteiger partial charge < -0.3 is 9.80 Å². The Morgan fingerprint density at radius 3 is 2.54 bits per heavy atom. The lowest BCUT2D eigenvalue weighted by atomic mass is 9.96. The third kappa shape index (κ3) is 7.24. The average molecular weight is 426 g/mol. The number of likely N-dealkylation sites (tertiary alicyclic amines) is 1. The smallest absolute Gasteiger partial charge is 0.219 e. The molecule has 1 unspecified atom stereocenters. The van der Waals surface area contributed by atoms with Crippen molar-refractivity contribution in [2.24, 2.45) is 0 Å². The van der Waals surface area contributed by atoms with Crippen LogP contribution in [-0.4, -0.2) is 47.9 Å². The Morgan fingerprint density at radius 2 is 1.93 bits per heavy atom. The lowest BCUT2D eigenvalue weighted by molar-refractivity contribution is -0.132. The van der Waals surface area contributed by atoms with Crippen molar-refractivity contribution in [2.75, 3.05) is 26.2 Å². The summed E-state index contributed by atoms with van der Waals surface area (Å²) in [5.41, 5.74) is 1.14. The number of hydrogen-bond donors (Lipinski definition) is 0. The van der Waals surface area contributed by atoms with Crippen LogP contribution in [0.1, 0.15) is 70.3 Å². The van der Waals surface area contributed by atoms with Crippen LogP contribution in [-0.2, 0) is 4.79 Å². The molecule has 1 aliphatic heterocycles. The molecule has 0 bridgehead atoms. The van der Waals surface area contributed by atoms with Gasteiger partial charge in [-0.05, 0) is 62.8 Å². The second-order valence-electron chi connectivity index (χ2n) is 8.01. The van der Waals surface area contributed by atoms with E-state index in [1.54, 1.807) is 6.92 Å². The van der Waals surface area contributed by atoms with Gasteiger partial charge in [0.15, 0.2) is 0 Å². The van der Waals surface area contributed by atoms with Gasteiger partial charge in [0.25, 0.3) is 0 Å². The summed E-state index contributed by atoms with van der Waals surface area (Å²) in [4.78, 5) is 16.7. The molecule has 5 heteroatoms. The number of halogens is 2.